The number of amides is 1. The van der Waals surface area contributed by atoms with Gasteiger partial charge < -0.3 is 15.4 Å². The first-order chi connectivity index (χ1) is 9.38. The molecule has 1 atom stereocenters. The summed E-state index contributed by atoms with van der Waals surface area (Å²) in [6.45, 7) is 3.42. The highest BCUT2D eigenvalue weighted by molar-refractivity contribution is 7.08. The summed E-state index contributed by atoms with van der Waals surface area (Å²) in [5.74, 6) is -0.380. The van der Waals surface area contributed by atoms with E-state index >= 15 is 0 Å². The number of rotatable bonds is 4. The van der Waals surface area contributed by atoms with Crippen LogP contribution in [0.1, 0.15) is 28.5 Å². The summed E-state index contributed by atoms with van der Waals surface area (Å²) in [6, 6.07) is 4.64. The lowest BCUT2D eigenvalue weighted by Crippen LogP contribution is -2.38. The molecule has 1 amide bonds. The van der Waals surface area contributed by atoms with Crippen LogP contribution >= 0.6 is 11.3 Å². The van der Waals surface area contributed by atoms with E-state index in [0.29, 0.717) is 5.69 Å². The van der Waals surface area contributed by atoms with Crippen molar-refractivity contribution in [3.8, 4) is 0 Å². The normalized spacial score (nSPS) is 13.8. The summed E-state index contributed by atoms with van der Waals surface area (Å²) >= 11 is 1.48. The number of aromatic amines is 1. The number of carbonyl (C=O) groups excluding carboxylic acids is 1. The van der Waals surface area contributed by atoms with Crippen molar-refractivity contribution < 1.29 is 9.90 Å². The lowest BCUT2D eigenvalue weighted by molar-refractivity contribution is 0.0530. The summed E-state index contributed by atoms with van der Waals surface area (Å²) < 4.78 is 0. The zero-order valence-corrected chi connectivity index (χ0v) is 12.1. The van der Waals surface area contributed by atoms with Crippen molar-refractivity contribution in [3.05, 3.63) is 56.1 Å². The van der Waals surface area contributed by atoms with E-state index in [9.17, 15) is 14.7 Å². The molecular weight excluding hydrogens is 276 g/mol. The van der Waals surface area contributed by atoms with Crippen molar-refractivity contribution in [2.24, 2.45) is 0 Å². The van der Waals surface area contributed by atoms with Crippen LogP contribution in [-0.2, 0) is 5.60 Å². The molecule has 0 aliphatic heterocycles. The third-order valence-electron chi connectivity index (χ3n) is 2.98. The van der Waals surface area contributed by atoms with Crippen molar-refractivity contribution in [2.45, 2.75) is 19.4 Å². The van der Waals surface area contributed by atoms with Gasteiger partial charge in [0.1, 0.15) is 5.60 Å². The average Bonchev–Trinajstić information content (AvgIpc) is 2.89. The van der Waals surface area contributed by atoms with Crippen LogP contribution in [0.15, 0.2) is 33.8 Å². The minimum atomic E-state index is -1.13. The highest BCUT2D eigenvalue weighted by Crippen LogP contribution is 2.22. The van der Waals surface area contributed by atoms with Crippen LogP contribution < -0.4 is 10.9 Å². The molecule has 2 rings (SSSR count). The van der Waals surface area contributed by atoms with Crippen molar-refractivity contribution in [1.82, 2.24) is 10.3 Å². The van der Waals surface area contributed by atoms with Gasteiger partial charge in [0.15, 0.2) is 0 Å². The number of nitrogens with one attached hydrogen (secondary N) is 2. The Morgan fingerprint density at radius 3 is 2.85 bits per heavy atom. The van der Waals surface area contributed by atoms with Gasteiger partial charge in [0.05, 0.1) is 6.54 Å². The Kier molecular flexibility index (Phi) is 4.06. The van der Waals surface area contributed by atoms with Crippen LogP contribution in [0.5, 0.6) is 0 Å². The van der Waals surface area contributed by atoms with Crippen LogP contribution in [0.4, 0.5) is 0 Å². The highest BCUT2D eigenvalue weighted by atomic mass is 32.1. The first-order valence-electron chi connectivity index (χ1n) is 6.13. The predicted molar refractivity (Wildman–Crippen MR) is 78.0 cm³/mol. The molecule has 3 N–H and O–H groups in total. The predicted octanol–water partition coefficient (Wildman–Crippen LogP) is 1.38. The molecule has 6 heteroatoms. The standard InChI is InChI=1S/C14H16N2O3S/c1-9-5-10(6-12(17)16-9)13(18)15-8-14(2,19)11-3-4-20-7-11/h3-7,19H,8H2,1-2H3,(H,15,18)(H,16,17). The van der Waals surface area contributed by atoms with Gasteiger partial charge in [-0.2, -0.15) is 11.3 Å². The Balaban J connectivity index is 2.07. The molecule has 2 aromatic heterocycles. The molecule has 20 heavy (non-hydrogen) atoms. The molecule has 0 saturated heterocycles. The van der Waals surface area contributed by atoms with Crippen molar-refractivity contribution in [1.29, 1.82) is 0 Å². The monoisotopic (exact) mass is 292 g/mol. The number of pyridine rings is 1. The van der Waals surface area contributed by atoms with E-state index in [0.717, 1.165) is 5.56 Å². The molecule has 106 valence electrons. The van der Waals surface area contributed by atoms with E-state index < -0.39 is 5.60 Å². The van der Waals surface area contributed by atoms with Crippen molar-refractivity contribution >= 4 is 17.2 Å². The number of hydrogen-bond acceptors (Lipinski definition) is 4. The maximum absolute atomic E-state index is 12.0. The van der Waals surface area contributed by atoms with E-state index in [2.05, 4.69) is 10.3 Å². The summed E-state index contributed by atoms with van der Waals surface area (Å²) in [7, 11) is 0. The fourth-order valence-electron chi connectivity index (χ4n) is 1.84. The number of carbonyl (C=O) groups is 1. The van der Waals surface area contributed by atoms with Gasteiger partial charge in [-0.3, -0.25) is 9.59 Å². The van der Waals surface area contributed by atoms with Crippen LogP contribution in [0.3, 0.4) is 0 Å². The summed E-state index contributed by atoms with van der Waals surface area (Å²) in [5.41, 5.74) is 0.204. The SMILES string of the molecule is Cc1cc(C(=O)NCC(C)(O)c2ccsc2)cc(=O)[nH]1. The van der Waals surface area contributed by atoms with E-state index in [-0.39, 0.29) is 23.6 Å². The number of aryl methyl sites for hydroxylation is 1. The number of hydrogen-bond donors (Lipinski definition) is 3. The quantitative estimate of drug-likeness (QED) is 0.796. The molecule has 0 radical (unpaired) electrons. The fraction of sp³-hybridized carbons (Fsp3) is 0.286. The second-order valence-electron chi connectivity index (χ2n) is 4.88. The van der Waals surface area contributed by atoms with E-state index in [1.54, 1.807) is 19.9 Å². The summed E-state index contributed by atoms with van der Waals surface area (Å²) in [4.78, 5) is 25.9. The van der Waals surface area contributed by atoms with E-state index in [1.807, 2.05) is 16.8 Å². The maximum atomic E-state index is 12.0. The molecule has 0 saturated carbocycles. The van der Waals surface area contributed by atoms with Gasteiger partial charge in [-0.1, -0.05) is 0 Å². The minimum Gasteiger partial charge on any atom is -0.384 e. The Bertz CT molecular complexity index is 659. The molecule has 0 spiro atoms. The Labute approximate surface area is 120 Å². The molecular formula is C14H16N2O3S. The third-order valence-corrected chi connectivity index (χ3v) is 3.66. The lowest BCUT2D eigenvalue weighted by atomic mass is 9.99. The molecule has 0 fully saturated rings. The Morgan fingerprint density at radius 2 is 2.25 bits per heavy atom. The van der Waals surface area contributed by atoms with Crippen molar-refractivity contribution in [3.63, 3.8) is 0 Å². The number of aromatic nitrogens is 1. The van der Waals surface area contributed by atoms with Gasteiger partial charge in [0.25, 0.3) is 5.91 Å². The zero-order chi connectivity index (χ0) is 14.8. The van der Waals surface area contributed by atoms with E-state index in [4.69, 9.17) is 0 Å². The Morgan fingerprint density at radius 1 is 1.50 bits per heavy atom. The fourth-order valence-corrected chi connectivity index (χ4v) is 2.62. The molecule has 0 bridgehead atoms. The number of aliphatic hydroxyl groups is 1. The summed E-state index contributed by atoms with van der Waals surface area (Å²) in [5, 5.41) is 16.7. The van der Waals surface area contributed by atoms with Gasteiger partial charge in [0, 0.05) is 17.3 Å². The molecule has 0 aliphatic rings. The third kappa shape index (κ3) is 3.34. The first kappa shape index (κ1) is 14.5. The molecule has 1 unspecified atom stereocenters. The van der Waals surface area contributed by atoms with Crippen LogP contribution in [0, 0.1) is 6.92 Å². The smallest absolute Gasteiger partial charge is 0.251 e. The van der Waals surface area contributed by atoms with Crippen molar-refractivity contribution in [2.75, 3.05) is 6.54 Å². The molecule has 0 aliphatic carbocycles. The van der Waals surface area contributed by atoms with Gasteiger partial charge in [-0.05, 0) is 42.3 Å². The van der Waals surface area contributed by atoms with Crippen LogP contribution in [-0.4, -0.2) is 22.5 Å². The zero-order valence-electron chi connectivity index (χ0n) is 11.3. The first-order valence-corrected chi connectivity index (χ1v) is 7.07. The van der Waals surface area contributed by atoms with Gasteiger partial charge >= 0.3 is 0 Å². The van der Waals surface area contributed by atoms with Gasteiger partial charge in [-0.25, -0.2) is 0 Å². The number of H-pyrrole nitrogens is 1. The van der Waals surface area contributed by atoms with Crippen LogP contribution in [0.25, 0.3) is 0 Å². The lowest BCUT2D eigenvalue weighted by Gasteiger charge is -2.22. The van der Waals surface area contributed by atoms with E-state index in [1.165, 1.54) is 17.4 Å². The Hall–Kier alpha value is -1.92. The minimum absolute atomic E-state index is 0.0778. The summed E-state index contributed by atoms with van der Waals surface area (Å²) in [6.07, 6.45) is 0. The highest BCUT2D eigenvalue weighted by Gasteiger charge is 2.24. The molecule has 0 aromatic carbocycles. The number of thiophene rings is 1. The maximum Gasteiger partial charge on any atom is 0.251 e. The topological polar surface area (TPSA) is 82.2 Å². The van der Waals surface area contributed by atoms with Gasteiger partial charge in [0.2, 0.25) is 5.56 Å². The van der Waals surface area contributed by atoms with Crippen LogP contribution in [0.2, 0.25) is 0 Å². The molecule has 2 aromatic rings. The molecule has 2 heterocycles. The largest absolute Gasteiger partial charge is 0.384 e. The average molecular weight is 292 g/mol. The van der Waals surface area contributed by atoms with Gasteiger partial charge in [-0.15, -0.1) is 0 Å². The second-order valence-corrected chi connectivity index (χ2v) is 5.66. The molecule has 5 nitrogen and oxygen atoms in total. The second kappa shape index (κ2) is 5.60.